The molecule has 0 bridgehead atoms. The van der Waals surface area contributed by atoms with Gasteiger partial charge in [0.1, 0.15) is 13.3 Å². The first kappa shape index (κ1) is 25.3. The molecule has 0 fully saturated rings. The number of aliphatic hydroxyl groups is 1. The van der Waals surface area contributed by atoms with Gasteiger partial charge < -0.3 is 19.8 Å². The van der Waals surface area contributed by atoms with E-state index in [-0.39, 0.29) is 12.6 Å². The van der Waals surface area contributed by atoms with Crippen LogP contribution in [-0.2, 0) is 24.0 Å². The number of ether oxygens (including phenoxy) is 1. The Hall–Kier alpha value is -1.68. The zero-order valence-corrected chi connectivity index (χ0v) is 17.7. The molecule has 1 rings (SSSR count). The van der Waals surface area contributed by atoms with Gasteiger partial charge in [0.05, 0.1) is 6.61 Å². The second-order valence-electron chi connectivity index (χ2n) is 6.75. The number of nitrogen functional groups attached to an aromatic ring is 1. The summed E-state index contributed by atoms with van der Waals surface area (Å²) in [4.78, 5) is 10.8. The van der Waals surface area contributed by atoms with E-state index in [4.69, 9.17) is 15.6 Å². The van der Waals surface area contributed by atoms with E-state index in [0.29, 0.717) is 6.61 Å². The number of rotatable bonds is 8. The second-order valence-corrected chi connectivity index (χ2v) is 8.24. The van der Waals surface area contributed by atoms with Gasteiger partial charge in [-0.15, -0.1) is 4.31 Å². The van der Waals surface area contributed by atoms with Crippen LogP contribution in [0.2, 0.25) is 0 Å². The molecule has 9 heteroatoms. The summed E-state index contributed by atoms with van der Waals surface area (Å²) in [6, 6.07) is 5.62. The number of benzene rings is 1. The largest absolute Gasteiger partial charge is 0.398 e. The predicted octanol–water partition coefficient (Wildman–Crippen LogP) is 1.99. The average Bonchev–Trinajstić information content (AvgIpc) is 2.55. The Labute approximate surface area is 162 Å². The van der Waals surface area contributed by atoms with E-state index in [1.54, 1.807) is 13.8 Å². The maximum atomic E-state index is 11.7. The smallest absolute Gasteiger partial charge is 0.389 e. The van der Waals surface area contributed by atoms with Gasteiger partial charge in [0.25, 0.3) is 0 Å². The summed E-state index contributed by atoms with van der Waals surface area (Å²) in [7, 11) is -4.23. The Bertz CT molecular complexity index is 669. The molecule has 0 aliphatic carbocycles. The van der Waals surface area contributed by atoms with Crippen molar-refractivity contribution in [1.82, 2.24) is 4.31 Å². The van der Waals surface area contributed by atoms with Crippen LogP contribution in [0.15, 0.2) is 18.2 Å². The van der Waals surface area contributed by atoms with Gasteiger partial charge in [-0.3, -0.25) is 0 Å². The summed E-state index contributed by atoms with van der Waals surface area (Å²) in [6.45, 7) is 10.4. The van der Waals surface area contributed by atoms with E-state index in [9.17, 15) is 13.2 Å². The number of aliphatic hydroxyl groups excluding tert-OH is 1. The van der Waals surface area contributed by atoms with Crippen molar-refractivity contribution in [2.75, 3.05) is 25.7 Å². The third-order valence-electron chi connectivity index (χ3n) is 3.40. The zero-order chi connectivity index (χ0) is 21.2. The van der Waals surface area contributed by atoms with Crippen LogP contribution in [0.4, 0.5) is 5.69 Å². The molecule has 0 aliphatic heterocycles. The summed E-state index contributed by atoms with van der Waals surface area (Å²) in [6.07, 6.45) is 0. The number of aryl methyl sites for hydroxylation is 2. The minimum atomic E-state index is -4.23. The molecule has 0 saturated carbocycles. The number of nitrogens with two attached hydrogens (primary N) is 1. The molecule has 0 amide bonds. The molecule has 3 N–H and O–H groups in total. The lowest BCUT2D eigenvalue weighted by Crippen LogP contribution is -2.41. The number of carbonyl (C=O) groups excluding carboxylic acids is 1. The van der Waals surface area contributed by atoms with Gasteiger partial charge in [0.15, 0.2) is 0 Å². The summed E-state index contributed by atoms with van der Waals surface area (Å²) in [5.74, 6) is -0.953. The Morgan fingerprint density at radius 3 is 2.07 bits per heavy atom. The third-order valence-corrected chi connectivity index (χ3v) is 4.90. The van der Waals surface area contributed by atoms with Gasteiger partial charge in [-0.05, 0) is 44.7 Å². The standard InChI is InChI=1S/C10H21NO6S.C8H11N/c1-8(2)6-16-7-11(9(3)4)18(14,15)17-10(13)5-12;1-6-4-3-5-7(2)8(6)9/h8-9,12H,5-7H2,1-4H3;3-5H,9H2,1-2H3. The number of hydrogen-bond donors (Lipinski definition) is 2. The van der Waals surface area contributed by atoms with Crippen LogP contribution in [0.1, 0.15) is 38.8 Å². The minimum absolute atomic E-state index is 0.198. The van der Waals surface area contributed by atoms with Crippen LogP contribution < -0.4 is 5.73 Å². The topological polar surface area (TPSA) is 119 Å². The van der Waals surface area contributed by atoms with Gasteiger partial charge in [-0.2, -0.15) is 8.42 Å². The predicted molar refractivity (Wildman–Crippen MR) is 105 cm³/mol. The highest BCUT2D eigenvalue weighted by molar-refractivity contribution is 7.84. The van der Waals surface area contributed by atoms with Crippen LogP contribution in [0, 0.1) is 19.8 Å². The first-order valence-corrected chi connectivity index (χ1v) is 10.0. The van der Waals surface area contributed by atoms with Crippen molar-refractivity contribution in [3.05, 3.63) is 29.3 Å². The lowest BCUT2D eigenvalue weighted by atomic mass is 10.1. The Morgan fingerprint density at radius 1 is 1.19 bits per heavy atom. The Morgan fingerprint density at radius 2 is 1.70 bits per heavy atom. The molecular weight excluding hydrogens is 372 g/mol. The van der Waals surface area contributed by atoms with Crippen molar-refractivity contribution in [1.29, 1.82) is 0 Å². The van der Waals surface area contributed by atoms with Gasteiger partial charge in [0.2, 0.25) is 0 Å². The fourth-order valence-electron chi connectivity index (χ4n) is 1.87. The second kappa shape index (κ2) is 11.9. The number of hydrogen-bond acceptors (Lipinski definition) is 7. The highest BCUT2D eigenvalue weighted by Crippen LogP contribution is 2.14. The van der Waals surface area contributed by atoms with Gasteiger partial charge in [-0.25, -0.2) is 4.79 Å². The van der Waals surface area contributed by atoms with Crippen LogP contribution in [-0.4, -0.2) is 49.8 Å². The molecule has 0 spiro atoms. The number of carbonyl (C=O) groups is 1. The molecule has 0 heterocycles. The highest BCUT2D eigenvalue weighted by Gasteiger charge is 2.29. The van der Waals surface area contributed by atoms with Crippen LogP contribution in [0.3, 0.4) is 0 Å². The van der Waals surface area contributed by atoms with Crippen molar-refractivity contribution in [3.63, 3.8) is 0 Å². The summed E-state index contributed by atoms with van der Waals surface area (Å²) in [5, 5.41) is 8.48. The van der Waals surface area contributed by atoms with Gasteiger partial charge in [-0.1, -0.05) is 32.0 Å². The van der Waals surface area contributed by atoms with Crippen LogP contribution in [0.5, 0.6) is 0 Å². The minimum Gasteiger partial charge on any atom is -0.398 e. The molecule has 1 aromatic carbocycles. The molecule has 0 radical (unpaired) electrons. The number of anilines is 1. The first-order valence-electron chi connectivity index (χ1n) is 8.66. The zero-order valence-electron chi connectivity index (χ0n) is 16.9. The van der Waals surface area contributed by atoms with Crippen LogP contribution in [0.25, 0.3) is 0 Å². The quantitative estimate of drug-likeness (QED) is 0.502. The molecule has 1 aromatic rings. The Balaban J connectivity index is 0.000000621. The fourth-order valence-corrected chi connectivity index (χ4v) is 2.97. The van der Waals surface area contributed by atoms with Crippen molar-refractivity contribution >= 4 is 22.0 Å². The van der Waals surface area contributed by atoms with Crippen molar-refractivity contribution in [2.45, 2.75) is 47.6 Å². The molecule has 0 atom stereocenters. The van der Waals surface area contributed by atoms with E-state index in [1.807, 2.05) is 45.9 Å². The summed E-state index contributed by atoms with van der Waals surface area (Å²) < 4.78 is 33.7. The van der Waals surface area contributed by atoms with Gasteiger partial charge >= 0.3 is 16.3 Å². The average molecular weight is 405 g/mol. The van der Waals surface area contributed by atoms with E-state index in [2.05, 4.69) is 4.18 Å². The normalized spacial score (nSPS) is 11.5. The highest BCUT2D eigenvalue weighted by atomic mass is 32.2. The molecule has 0 aromatic heterocycles. The first-order chi connectivity index (χ1) is 12.4. The number of para-hydroxylation sites is 1. The van der Waals surface area contributed by atoms with E-state index < -0.39 is 28.9 Å². The summed E-state index contributed by atoms with van der Waals surface area (Å²) in [5.41, 5.74) is 8.92. The maximum absolute atomic E-state index is 11.7. The molecule has 0 saturated heterocycles. The van der Waals surface area contributed by atoms with Crippen molar-refractivity contribution < 1.29 is 27.2 Å². The molecule has 0 unspecified atom stereocenters. The fraction of sp³-hybridized carbons (Fsp3) is 0.611. The third kappa shape index (κ3) is 9.71. The van der Waals surface area contributed by atoms with Crippen molar-refractivity contribution in [2.24, 2.45) is 5.92 Å². The summed E-state index contributed by atoms with van der Waals surface area (Å²) >= 11 is 0. The molecular formula is C18H32N2O6S. The lowest BCUT2D eigenvalue weighted by Gasteiger charge is -2.24. The van der Waals surface area contributed by atoms with Gasteiger partial charge in [0, 0.05) is 11.7 Å². The SMILES string of the molecule is CC(C)COCN(C(C)C)S(=O)(=O)OC(=O)CO.Cc1cccc(C)c1N. The van der Waals surface area contributed by atoms with Crippen molar-refractivity contribution in [3.8, 4) is 0 Å². The lowest BCUT2D eigenvalue weighted by molar-refractivity contribution is -0.137. The van der Waals surface area contributed by atoms with E-state index >= 15 is 0 Å². The van der Waals surface area contributed by atoms with E-state index in [0.717, 1.165) is 21.1 Å². The molecule has 156 valence electrons. The maximum Gasteiger partial charge on any atom is 0.389 e. The number of nitrogens with zero attached hydrogens (tertiary/aromatic N) is 1. The molecule has 0 aliphatic rings. The molecule has 27 heavy (non-hydrogen) atoms. The Kier molecular flexibility index (Phi) is 11.2. The van der Waals surface area contributed by atoms with Crippen LogP contribution >= 0.6 is 0 Å². The van der Waals surface area contributed by atoms with E-state index in [1.165, 1.54) is 0 Å². The monoisotopic (exact) mass is 404 g/mol. The molecule has 8 nitrogen and oxygen atoms in total.